The van der Waals surface area contributed by atoms with Crippen LogP contribution in [0.4, 0.5) is 0 Å². The van der Waals surface area contributed by atoms with Gasteiger partial charge in [-0.25, -0.2) is 4.98 Å². The van der Waals surface area contributed by atoms with Gasteiger partial charge in [0.05, 0.1) is 11.6 Å². The molecular weight excluding hydrogens is 256 g/mol. The van der Waals surface area contributed by atoms with Gasteiger partial charge < -0.3 is 10.1 Å². The van der Waals surface area contributed by atoms with E-state index in [4.69, 9.17) is 9.72 Å². The van der Waals surface area contributed by atoms with Gasteiger partial charge in [0.15, 0.2) is 0 Å². The Morgan fingerprint density at radius 1 is 1.58 bits per heavy atom. The monoisotopic (exact) mass is 282 g/mol. The number of rotatable bonds is 5. The van der Waals surface area contributed by atoms with Crippen LogP contribution in [-0.4, -0.2) is 24.2 Å². The van der Waals surface area contributed by atoms with Crippen LogP contribution in [0.15, 0.2) is 5.38 Å². The fourth-order valence-electron chi connectivity index (χ4n) is 2.69. The van der Waals surface area contributed by atoms with E-state index in [1.807, 2.05) is 0 Å². The highest BCUT2D eigenvalue weighted by Gasteiger charge is 2.41. The van der Waals surface area contributed by atoms with Gasteiger partial charge >= 0.3 is 0 Å². The second-order valence-corrected chi connectivity index (χ2v) is 6.77. The zero-order valence-electron chi connectivity index (χ0n) is 12.5. The Morgan fingerprint density at radius 2 is 2.37 bits per heavy atom. The van der Waals surface area contributed by atoms with Crippen LogP contribution in [0.5, 0.6) is 0 Å². The second kappa shape index (κ2) is 6.33. The highest BCUT2D eigenvalue weighted by molar-refractivity contribution is 7.09. The van der Waals surface area contributed by atoms with Crippen LogP contribution in [-0.2, 0) is 10.3 Å². The first kappa shape index (κ1) is 14.9. The molecule has 0 amide bonds. The quantitative estimate of drug-likeness (QED) is 0.898. The molecule has 1 N–H and O–H groups in total. The molecule has 1 saturated heterocycles. The summed E-state index contributed by atoms with van der Waals surface area (Å²) >= 11 is 1.79. The molecule has 0 radical (unpaired) electrons. The molecule has 1 fully saturated rings. The Morgan fingerprint density at radius 3 is 2.95 bits per heavy atom. The molecular formula is C15H26N2OS. The first-order valence-corrected chi connectivity index (χ1v) is 8.24. The molecule has 1 aromatic rings. The fraction of sp³-hybridized carbons (Fsp3) is 0.800. The van der Waals surface area contributed by atoms with Crippen LogP contribution < -0.4 is 5.32 Å². The molecule has 1 aliphatic heterocycles. The molecule has 2 atom stereocenters. The number of aryl methyl sites for hydroxylation is 1. The summed E-state index contributed by atoms with van der Waals surface area (Å²) in [5.74, 6) is 0.559. The van der Waals surface area contributed by atoms with Gasteiger partial charge in [-0.1, -0.05) is 20.8 Å². The summed E-state index contributed by atoms with van der Waals surface area (Å²) in [6.07, 6.45) is 3.56. The molecule has 2 heterocycles. The van der Waals surface area contributed by atoms with E-state index >= 15 is 0 Å². The lowest BCUT2D eigenvalue weighted by Crippen LogP contribution is -2.50. The standard InChI is InChI=1S/C15H26N2OS/c1-5-7-16-15(14-17-12(4)10-19-14)6-8-18-13(9-15)11(2)3/h10-11,13,16H,5-9H2,1-4H3. The van der Waals surface area contributed by atoms with E-state index < -0.39 is 0 Å². The zero-order valence-corrected chi connectivity index (χ0v) is 13.3. The molecule has 3 nitrogen and oxygen atoms in total. The molecule has 4 heteroatoms. The minimum absolute atomic E-state index is 0.0299. The van der Waals surface area contributed by atoms with Crippen molar-refractivity contribution in [2.45, 2.75) is 58.6 Å². The van der Waals surface area contributed by atoms with E-state index in [2.05, 4.69) is 38.4 Å². The van der Waals surface area contributed by atoms with Crippen LogP contribution in [0.3, 0.4) is 0 Å². The lowest BCUT2D eigenvalue weighted by atomic mass is 9.83. The van der Waals surface area contributed by atoms with Gasteiger partial charge in [-0.2, -0.15) is 0 Å². The van der Waals surface area contributed by atoms with Crippen molar-refractivity contribution >= 4 is 11.3 Å². The summed E-state index contributed by atoms with van der Waals surface area (Å²) in [5.41, 5.74) is 1.16. The van der Waals surface area contributed by atoms with Crippen LogP contribution in [0.25, 0.3) is 0 Å². The summed E-state index contributed by atoms with van der Waals surface area (Å²) in [5, 5.41) is 7.17. The molecule has 1 aliphatic rings. The van der Waals surface area contributed by atoms with Crippen LogP contribution in [0.2, 0.25) is 0 Å². The number of aromatic nitrogens is 1. The first-order chi connectivity index (χ1) is 9.07. The van der Waals surface area contributed by atoms with E-state index in [0.29, 0.717) is 12.0 Å². The molecule has 0 saturated carbocycles. The summed E-state index contributed by atoms with van der Waals surface area (Å²) in [6.45, 7) is 10.7. The SMILES string of the molecule is CCCNC1(c2nc(C)cs2)CCOC(C(C)C)C1. The molecule has 108 valence electrons. The molecule has 2 rings (SSSR count). The molecule has 0 spiro atoms. The van der Waals surface area contributed by atoms with Crippen LogP contribution in [0, 0.1) is 12.8 Å². The van der Waals surface area contributed by atoms with E-state index in [0.717, 1.165) is 38.1 Å². The predicted molar refractivity (Wildman–Crippen MR) is 80.6 cm³/mol. The number of thiazole rings is 1. The van der Waals surface area contributed by atoms with E-state index in [-0.39, 0.29) is 5.54 Å². The van der Waals surface area contributed by atoms with Gasteiger partial charge in [0.2, 0.25) is 0 Å². The van der Waals surface area contributed by atoms with Crippen molar-refractivity contribution in [1.82, 2.24) is 10.3 Å². The Balaban J connectivity index is 2.23. The maximum absolute atomic E-state index is 5.94. The molecule has 2 unspecified atom stereocenters. The minimum atomic E-state index is 0.0299. The topological polar surface area (TPSA) is 34.2 Å². The van der Waals surface area contributed by atoms with Crippen molar-refractivity contribution < 1.29 is 4.74 Å². The van der Waals surface area contributed by atoms with Crippen molar-refractivity contribution in [1.29, 1.82) is 0 Å². The van der Waals surface area contributed by atoms with E-state index in [1.165, 1.54) is 5.01 Å². The molecule has 1 aromatic heterocycles. The van der Waals surface area contributed by atoms with Crippen molar-refractivity contribution in [3.63, 3.8) is 0 Å². The number of nitrogens with one attached hydrogen (secondary N) is 1. The number of ether oxygens (including phenoxy) is 1. The van der Waals surface area contributed by atoms with Gasteiger partial charge in [0, 0.05) is 17.7 Å². The van der Waals surface area contributed by atoms with Gasteiger partial charge in [-0.15, -0.1) is 11.3 Å². The molecule has 0 bridgehead atoms. The van der Waals surface area contributed by atoms with Crippen molar-refractivity contribution in [2.24, 2.45) is 5.92 Å². The summed E-state index contributed by atoms with van der Waals surface area (Å²) in [7, 11) is 0. The van der Waals surface area contributed by atoms with Crippen LogP contribution in [0.1, 0.15) is 50.7 Å². The molecule has 0 aliphatic carbocycles. The maximum Gasteiger partial charge on any atom is 0.113 e. The van der Waals surface area contributed by atoms with Crippen molar-refractivity contribution in [2.75, 3.05) is 13.2 Å². The largest absolute Gasteiger partial charge is 0.378 e. The Labute approximate surface area is 120 Å². The highest BCUT2D eigenvalue weighted by atomic mass is 32.1. The number of nitrogens with zero attached hydrogens (tertiary/aromatic N) is 1. The van der Waals surface area contributed by atoms with Crippen LogP contribution >= 0.6 is 11.3 Å². The fourth-order valence-corrected chi connectivity index (χ4v) is 3.70. The summed E-state index contributed by atoms with van der Waals surface area (Å²) in [4.78, 5) is 4.75. The Hall–Kier alpha value is -0.450. The van der Waals surface area contributed by atoms with Gasteiger partial charge in [-0.3, -0.25) is 0 Å². The van der Waals surface area contributed by atoms with Gasteiger partial charge in [0.25, 0.3) is 0 Å². The third-order valence-electron chi connectivity index (χ3n) is 3.90. The number of hydrogen-bond donors (Lipinski definition) is 1. The Bertz CT molecular complexity index is 405. The van der Waals surface area contributed by atoms with Crippen molar-refractivity contribution in [3.05, 3.63) is 16.1 Å². The maximum atomic E-state index is 5.94. The molecule has 0 aromatic carbocycles. The highest BCUT2D eigenvalue weighted by Crippen LogP contribution is 2.38. The van der Waals surface area contributed by atoms with E-state index in [1.54, 1.807) is 11.3 Å². The molecule has 19 heavy (non-hydrogen) atoms. The average Bonchev–Trinajstić information content (AvgIpc) is 2.84. The normalized spacial score (nSPS) is 27.9. The number of hydrogen-bond acceptors (Lipinski definition) is 4. The smallest absolute Gasteiger partial charge is 0.113 e. The minimum Gasteiger partial charge on any atom is -0.378 e. The predicted octanol–water partition coefficient (Wildman–Crippen LogP) is 3.48. The lowest BCUT2D eigenvalue weighted by molar-refractivity contribution is -0.0534. The third kappa shape index (κ3) is 3.36. The average molecular weight is 282 g/mol. The Kier molecular flexibility index (Phi) is 4.98. The van der Waals surface area contributed by atoms with Gasteiger partial charge in [-0.05, 0) is 38.6 Å². The lowest BCUT2D eigenvalue weighted by Gasteiger charge is -2.41. The van der Waals surface area contributed by atoms with E-state index in [9.17, 15) is 0 Å². The third-order valence-corrected chi connectivity index (χ3v) is 5.06. The second-order valence-electron chi connectivity index (χ2n) is 5.91. The van der Waals surface area contributed by atoms with Crippen molar-refractivity contribution in [3.8, 4) is 0 Å². The zero-order chi connectivity index (χ0) is 13.9. The first-order valence-electron chi connectivity index (χ1n) is 7.36. The summed E-state index contributed by atoms with van der Waals surface area (Å²) < 4.78 is 5.94. The van der Waals surface area contributed by atoms with Gasteiger partial charge in [0.1, 0.15) is 5.01 Å². The summed E-state index contributed by atoms with van der Waals surface area (Å²) in [6, 6.07) is 0.